The molecule has 0 saturated carbocycles. The molecule has 0 radical (unpaired) electrons. The van der Waals surface area contributed by atoms with Crippen LogP contribution in [0.1, 0.15) is 10.4 Å². The molecule has 16 heavy (non-hydrogen) atoms. The highest BCUT2D eigenvalue weighted by atomic mass is 32.2. The number of esters is 1. The maximum atomic E-state index is 13.6. The third-order valence-electron chi connectivity index (χ3n) is 1.87. The minimum absolute atomic E-state index is 0.0913. The topological polar surface area (TPSA) is 43.4 Å². The fraction of sp³-hybridized carbons (Fsp3) is 0.200. The molecule has 1 rings (SSSR count). The summed E-state index contributed by atoms with van der Waals surface area (Å²) in [6.45, 7) is 0. The molecular formula is C10H8F2O3S. The quantitative estimate of drug-likeness (QED) is 0.354. The van der Waals surface area contributed by atoms with Crippen LogP contribution in [0.15, 0.2) is 17.0 Å². The summed E-state index contributed by atoms with van der Waals surface area (Å²) in [5.74, 6) is -4.74. The number of carbonyl (C=O) groups excluding carboxylic acids is 2. The van der Waals surface area contributed by atoms with Crippen LogP contribution in [0.3, 0.4) is 0 Å². The van der Waals surface area contributed by atoms with Crippen molar-refractivity contribution in [2.75, 3.05) is 13.4 Å². The standard InChI is InChI=1S/C10H8F2O3S/c1-15-10(14)9(13)7-5(11)3-4-6(16-2)8(7)12/h3-4H,1-2H3. The minimum Gasteiger partial charge on any atom is -0.463 e. The van der Waals surface area contributed by atoms with Crippen LogP contribution >= 0.6 is 11.8 Å². The molecule has 0 amide bonds. The van der Waals surface area contributed by atoms with Crippen molar-refractivity contribution in [3.05, 3.63) is 29.3 Å². The summed E-state index contributed by atoms with van der Waals surface area (Å²) in [7, 11) is 0.967. The summed E-state index contributed by atoms with van der Waals surface area (Å²) in [6.07, 6.45) is 1.57. The van der Waals surface area contributed by atoms with Gasteiger partial charge in [-0.15, -0.1) is 11.8 Å². The molecule has 3 nitrogen and oxygen atoms in total. The van der Waals surface area contributed by atoms with Gasteiger partial charge in [-0.1, -0.05) is 0 Å². The van der Waals surface area contributed by atoms with E-state index in [0.29, 0.717) is 0 Å². The molecule has 86 valence electrons. The smallest absolute Gasteiger partial charge is 0.379 e. The molecule has 0 aliphatic rings. The van der Waals surface area contributed by atoms with Gasteiger partial charge in [-0.25, -0.2) is 13.6 Å². The van der Waals surface area contributed by atoms with Crippen molar-refractivity contribution in [3.63, 3.8) is 0 Å². The first-order valence-corrected chi connectivity index (χ1v) is 5.40. The number of hydrogen-bond acceptors (Lipinski definition) is 4. The SMILES string of the molecule is COC(=O)C(=O)c1c(F)ccc(SC)c1F. The molecular weight excluding hydrogens is 238 g/mol. The number of hydrogen-bond donors (Lipinski definition) is 0. The van der Waals surface area contributed by atoms with Gasteiger partial charge in [-0.05, 0) is 18.4 Å². The highest BCUT2D eigenvalue weighted by molar-refractivity contribution is 7.98. The summed E-state index contributed by atoms with van der Waals surface area (Å²) in [5.41, 5.74) is -0.876. The maximum Gasteiger partial charge on any atom is 0.379 e. The van der Waals surface area contributed by atoms with E-state index in [2.05, 4.69) is 4.74 Å². The minimum atomic E-state index is -1.33. The van der Waals surface area contributed by atoms with Crippen LogP contribution in [0.2, 0.25) is 0 Å². The van der Waals surface area contributed by atoms with Crippen molar-refractivity contribution in [1.82, 2.24) is 0 Å². The van der Waals surface area contributed by atoms with Gasteiger partial charge in [0.25, 0.3) is 5.78 Å². The lowest BCUT2D eigenvalue weighted by atomic mass is 10.1. The van der Waals surface area contributed by atoms with E-state index in [0.717, 1.165) is 24.9 Å². The molecule has 0 atom stereocenters. The molecule has 0 saturated heterocycles. The van der Waals surface area contributed by atoms with Gasteiger partial charge in [0.2, 0.25) is 0 Å². The summed E-state index contributed by atoms with van der Waals surface area (Å²) in [5, 5.41) is 0. The van der Waals surface area contributed by atoms with Crippen molar-refractivity contribution in [3.8, 4) is 0 Å². The van der Waals surface area contributed by atoms with E-state index in [-0.39, 0.29) is 4.90 Å². The first-order valence-electron chi connectivity index (χ1n) is 4.17. The van der Waals surface area contributed by atoms with Crippen LogP contribution in [0, 0.1) is 11.6 Å². The highest BCUT2D eigenvalue weighted by Crippen LogP contribution is 2.24. The third-order valence-corrected chi connectivity index (χ3v) is 2.63. The van der Waals surface area contributed by atoms with Gasteiger partial charge in [0.1, 0.15) is 11.4 Å². The first-order chi connectivity index (χ1) is 7.52. The number of ether oxygens (including phenoxy) is 1. The fourth-order valence-corrected chi connectivity index (χ4v) is 1.58. The molecule has 0 bridgehead atoms. The molecule has 1 aromatic carbocycles. The summed E-state index contributed by atoms with van der Waals surface area (Å²) in [6, 6.07) is 2.13. The summed E-state index contributed by atoms with van der Waals surface area (Å²) >= 11 is 1.01. The van der Waals surface area contributed by atoms with Crippen LogP contribution in [0.25, 0.3) is 0 Å². The van der Waals surface area contributed by atoms with Crippen molar-refractivity contribution in [1.29, 1.82) is 0 Å². The number of halogens is 2. The Morgan fingerprint density at radius 3 is 2.44 bits per heavy atom. The predicted molar refractivity (Wildman–Crippen MR) is 54.5 cm³/mol. The average molecular weight is 246 g/mol. The second kappa shape index (κ2) is 5.07. The molecule has 0 spiro atoms. The zero-order valence-corrected chi connectivity index (χ0v) is 9.36. The van der Waals surface area contributed by atoms with Crippen LogP contribution in [0.5, 0.6) is 0 Å². The number of Topliss-reactive ketones (excluding diaryl/α,β-unsaturated/α-hetero) is 1. The van der Waals surface area contributed by atoms with Crippen molar-refractivity contribution < 1.29 is 23.1 Å². The molecule has 1 aromatic rings. The third kappa shape index (κ3) is 2.21. The van der Waals surface area contributed by atoms with E-state index < -0.39 is 29.0 Å². The number of rotatable bonds is 3. The Hall–Kier alpha value is -1.43. The van der Waals surface area contributed by atoms with Gasteiger partial charge in [-0.3, -0.25) is 4.79 Å². The maximum absolute atomic E-state index is 13.6. The number of methoxy groups -OCH3 is 1. The number of carbonyl (C=O) groups is 2. The zero-order chi connectivity index (χ0) is 12.3. The Labute approximate surface area is 94.8 Å². The Kier molecular flexibility index (Phi) is 4.00. The lowest BCUT2D eigenvalue weighted by molar-refractivity contribution is -0.135. The highest BCUT2D eigenvalue weighted by Gasteiger charge is 2.26. The predicted octanol–water partition coefficient (Wildman–Crippen LogP) is 2.04. The Morgan fingerprint density at radius 2 is 1.94 bits per heavy atom. The molecule has 0 fully saturated rings. The van der Waals surface area contributed by atoms with E-state index in [1.54, 1.807) is 6.26 Å². The van der Waals surface area contributed by atoms with Gasteiger partial charge in [0.15, 0.2) is 5.82 Å². The molecule has 0 unspecified atom stereocenters. The average Bonchev–Trinajstić information content (AvgIpc) is 2.28. The normalized spacial score (nSPS) is 10.0. The lowest BCUT2D eigenvalue weighted by Gasteiger charge is -2.05. The molecule has 0 aliphatic heterocycles. The largest absolute Gasteiger partial charge is 0.463 e. The van der Waals surface area contributed by atoms with E-state index >= 15 is 0 Å². The van der Waals surface area contributed by atoms with Crippen LogP contribution in [-0.2, 0) is 9.53 Å². The van der Waals surface area contributed by atoms with E-state index in [1.165, 1.54) is 6.07 Å². The van der Waals surface area contributed by atoms with Gasteiger partial charge < -0.3 is 4.74 Å². The molecule has 0 N–H and O–H groups in total. The number of benzene rings is 1. The van der Waals surface area contributed by atoms with Crippen molar-refractivity contribution in [2.45, 2.75) is 4.90 Å². The van der Waals surface area contributed by atoms with Gasteiger partial charge in [-0.2, -0.15) is 0 Å². The van der Waals surface area contributed by atoms with Gasteiger partial charge in [0.05, 0.1) is 7.11 Å². The number of ketones is 1. The molecule has 0 aliphatic carbocycles. The monoisotopic (exact) mass is 246 g/mol. The van der Waals surface area contributed by atoms with Crippen molar-refractivity contribution in [2.24, 2.45) is 0 Å². The lowest BCUT2D eigenvalue weighted by Crippen LogP contribution is -2.19. The molecule has 0 aromatic heterocycles. The second-order valence-corrected chi connectivity index (χ2v) is 3.61. The number of thioether (sulfide) groups is 1. The Balaban J connectivity index is 3.32. The van der Waals surface area contributed by atoms with Gasteiger partial charge >= 0.3 is 5.97 Å². The van der Waals surface area contributed by atoms with Crippen LogP contribution in [-0.4, -0.2) is 25.1 Å². The zero-order valence-electron chi connectivity index (χ0n) is 8.54. The van der Waals surface area contributed by atoms with Crippen LogP contribution in [0.4, 0.5) is 8.78 Å². The fourth-order valence-electron chi connectivity index (χ4n) is 1.09. The Bertz CT molecular complexity index is 446. The van der Waals surface area contributed by atoms with E-state index in [9.17, 15) is 18.4 Å². The van der Waals surface area contributed by atoms with Crippen molar-refractivity contribution >= 4 is 23.5 Å². The summed E-state index contributed by atoms with van der Waals surface area (Å²) < 4.78 is 30.9. The Morgan fingerprint density at radius 1 is 1.31 bits per heavy atom. The van der Waals surface area contributed by atoms with Gasteiger partial charge in [0, 0.05) is 4.90 Å². The first kappa shape index (κ1) is 12.6. The van der Waals surface area contributed by atoms with E-state index in [4.69, 9.17) is 0 Å². The molecule has 0 heterocycles. The summed E-state index contributed by atoms with van der Waals surface area (Å²) in [4.78, 5) is 22.3. The van der Waals surface area contributed by atoms with Crippen LogP contribution < -0.4 is 0 Å². The van der Waals surface area contributed by atoms with E-state index in [1.807, 2.05) is 0 Å². The molecule has 6 heteroatoms. The second-order valence-electron chi connectivity index (χ2n) is 2.76.